The fourth-order valence-electron chi connectivity index (χ4n) is 3.52. The van der Waals surface area contributed by atoms with Crippen LogP contribution in [0.2, 0.25) is 0 Å². The Hall–Kier alpha value is -0.610. The van der Waals surface area contributed by atoms with Crippen molar-refractivity contribution in [1.29, 1.82) is 0 Å². The number of aromatic nitrogens is 2. The lowest BCUT2D eigenvalue weighted by molar-refractivity contribution is 0.184. The van der Waals surface area contributed by atoms with Crippen molar-refractivity contribution in [2.45, 2.75) is 51.5 Å². The zero-order valence-electron chi connectivity index (χ0n) is 12.3. The molecule has 1 fully saturated rings. The highest BCUT2D eigenvalue weighted by molar-refractivity contribution is 9.10. The van der Waals surface area contributed by atoms with Crippen molar-refractivity contribution in [3.63, 3.8) is 0 Å². The highest BCUT2D eigenvalue weighted by Gasteiger charge is 2.31. The van der Waals surface area contributed by atoms with Gasteiger partial charge < -0.3 is 4.57 Å². The van der Waals surface area contributed by atoms with Crippen molar-refractivity contribution in [1.82, 2.24) is 9.55 Å². The Morgan fingerprint density at radius 2 is 2.24 bits per heavy atom. The normalized spacial score (nSPS) is 21.9. The zero-order valence-corrected chi connectivity index (χ0v) is 14.6. The Balaban J connectivity index is 2.14. The quantitative estimate of drug-likeness (QED) is 0.607. The first kappa shape index (κ1) is 15.3. The third kappa shape index (κ3) is 2.85. The predicted molar refractivity (Wildman–Crippen MR) is 88.2 cm³/mol. The van der Waals surface area contributed by atoms with Crippen LogP contribution in [0.5, 0.6) is 0 Å². The number of imidazole rings is 1. The summed E-state index contributed by atoms with van der Waals surface area (Å²) < 4.78 is 16.4. The van der Waals surface area contributed by atoms with Crippen molar-refractivity contribution in [2.24, 2.45) is 5.41 Å². The molecule has 0 N–H and O–H groups in total. The second-order valence-electron chi connectivity index (χ2n) is 6.70. The van der Waals surface area contributed by atoms with E-state index in [2.05, 4.69) is 39.3 Å². The predicted octanol–water partition coefficient (Wildman–Crippen LogP) is 5.82. The van der Waals surface area contributed by atoms with E-state index in [9.17, 15) is 4.39 Å². The summed E-state index contributed by atoms with van der Waals surface area (Å²) >= 11 is 9.36. The summed E-state index contributed by atoms with van der Waals surface area (Å²) in [5.41, 5.74) is 2.00. The van der Waals surface area contributed by atoms with E-state index in [-0.39, 0.29) is 5.82 Å². The van der Waals surface area contributed by atoms with Gasteiger partial charge >= 0.3 is 0 Å². The molecule has 2 nitrogen and oxygen atoms in total. The Labute approximate surface area is 137 Å². The first-order valence-corrected chi connectivity index (χ1v) is 8.66. The van der Waals surface area contributed by atoms with Gasteiger partial charge in [0.1, 0.15) is 11.6 Å². The fourth-order valence-corrected chi connectivity index (χ4v) is 4.04. The molecule has 1 unspecified atom stereocenters. The van der Waals surface area contributed by atoms with Gasteiger partial charge in [0.15, 0.2) is 0 Å². The largest absolute Gasteiger partial charge is 0.324 e. The summed E-state index contributed by atoms with van der Waals surface area (Å²) in [6.07, 6.45) is 4.71. The van der Waals surface area contributed by atoms with Gasteiger partial charge in [-0.05, 0) is 46.7 Å². The molecule has 1 atom stereocenters. The van der Waals surface area contributed by atoms with E-state index >= 15 is 0 Å². The summed E-state index contributed by atoms with van der Waals surface area (Å²) in [4.78, 5) is 4.53. The van der Waals surface area contributed by atoms with Crippen LogP contribution in [0.4, 0.5) is 4.39 Å². The molecule has 2 aromatic rings. The van der Waals surface area contributed by atoms with Gasteiger partial charge in [0, 0.05) is 12.1 Å². The number of hydrogen-bond acceptors (Lipinski definition) is 1. The van der Waals surface area contributed by atoms with Crippen LogP contribution in [0.25, 0.3) is 11.0 Å². The molecule has 5 heteroatoms. The minimum atomic E-state index is -0.280. The van der Waals surface area contributed by atoms with Crippen LogP contribution in [0.3, 0.4) is 0 Å². The molecule has 1 heterocycles. The van der Waals surface area contributed by atoms with Gasteiger partial charge in [0.05, 0.1) is 21.4 Å². The molecule has 1 saturated carbocycles. The van der Waals surface area contributed by atoms with Gasteiger partial charge in [0.2, 0.25) is 0 Å². The second kappa shape index (κ2) is 5.54. The molecular weight excluding hydrogens is 355 g/mol. The number of hydrogen-bond donors (Lipinski definition) is 0. The Kier molecular flexibility index (Phi) is 4.04. The molecule has 0 aliphatic heterocycles. The van der Waals surface area contributed by atoms with Gasteiger partial charge in [-0.3, -0.25) is 0 Å². The highest BCUT2D eigenvalue weighted by Crippen LogP contribution is 2.43. The molecule has 1 aliphatic carbocycles. The topological polar surface area (TPSA) is 17.8 Å². The van der Waals surface area contributed by atoms with E-state index in [0.717, 1.165) is 24.2 Å². The Morgan fingerprint density at radius 3 is 2.90 bits per heavy atom. The summed E-state index contributed by atoms with van der Waals surface area (Å²) in [6, 6.07) is 3.71. The summed E-state index contributed by atoms with van der Waals surface area (Å²) in [7, 11) is 0. The van der Waals surface area contributed by atoms with E-state index in [1.54, 1.807) is 0 Å². The second-order valence-corrected chi connectivity index (χ2v) is 7.82. The first-order valence-electron chi connectivity index (χ1n) is 7.33. The van der Waals surface area contributed by atoms with Gasteiger partial charge in [0.25, 0.3) is 0 Å². The van der Waals surface area contributed by atoms with Crippen LogP contribution in [0.15, 0.2) is 16.6 Å². The minimum absolute atomic E-state index is 0.280. The highest BCUT2D eigenvalue weighted by atomic mass is 79.9. The maximum Gasteiger partial charge on any atom is 0.139 e. The minimum Gasteiger partial charge on any atom is -0.324 e. The smallest absolute Gasteiger partial charge is 0.139 e. The number of benzene rings is 1. The monoisotopic (exact) mass is 372 g/mol. The molecule has 0 spiro atoms. The zero-order chi connectivity index (χ0) is 15.2. The Morgan fingerprint density at radius 1 is 1.48 bits per heavy atom. The number of alkyl halides is 1. The van der Waals surface area contributed by atoms with Crippen molar-refractivity contribution in [2.75, 3.05) is 0 Å². The van der Waals surface area contributed by atoms with Crippen molar-refractivity contribution in [3.8, 4) is 0 Å². The molecule has 1 aliphatic rings. The van der Waals surface area contributed by atoms with Crippen LogP contribution in [0.1, 0.15) is 51.4 Å². The van der Waals surface area contributed by atoms with Crippen LogP contribution in [0, 0.1) is 11.2 Å². The van der Waals surface area contributed by atoms with Crippen LogP contribution >= 0.6 is 27.5 Å². The summed E-state index contributed by atoms with van der Waals surface area (Å²) in [6.45, 7) is 4.63. The molecule has 1 aromatic carbocycles. The van der Waals surface area contributed by atoms with Crippen LogP contribution in [-0.4, -0.2) is 9.55 Å². The lowest BCUT2D eigenvalue weighted by Gasteiger charge is -2.36. The molecule has 0 radical (unpaired) electrons. The average molecular weight is 374 g/mol. The van der Waals surface area contributed by atoms with Gasteiger partial charge in [-0.25, -0.2) is 9.37 Å². The standard InChI is InChI=1S/C16H19BrClFN2/c1-16(2)5-3-4-10(8-16)21-14-6-11(17)12(19)7-13(14)20-15(21)9-18/h6-7,10H,3-5,8-9H2,1-2H3. The molecule has 21 heavy (non-hydrogen) atoms. The van der Waals surface area contributed by atoms with Crippen molar-refractivity contribution < 1.29 is 4.39 Å². The Bertz CT molecular complexity index is 680. The summed E-state index contributed by atoms with van der Waals surface area (Å²) in [5, 5.41) is 0. The van der Waals surface area contributed by atoms with Crippen molar-refractivity contribution in [3.05, 3.63) is 28.2 Å². The van der Waals surface area contributed by atoms with E-state index in [0.29, 0.717) is 27.3 Å². The fraction of sp³-hybridized carbons (Fsp3) is 0.562. The average Bonchev–Trinajstić information content (AvgIpc) is 2.75. The molecule has 0 bridgehead atoms. The molecule has 114 valence electrons. The number of nitrogens with zero attached hydrogens (tertiary/aromatic N) is 2. The van der Waals surface area contributed by atoms with E-state index < -0.39 is 0 Å². The number of fused-ring (bicyclic) bond motifs is 1. The van der Waals surface area contributed by atoms with E-state index in [1.165, 1.54) is 18.9 Å². The number of halogens is 3. The van der Waals surface area contributed by atoms with Crippen LogP contribution < -0.4 is 0 Å². The third-order valence-corrected chi connectivity index (χ3v) is 5.32. The lowest BCUT2D eigenvalue weighted by atomic mass is 9.75. The number of rotatable bonds is 2. The van der Waals surface area contributed by atoms with Gasteiger partial charge in [-0.2, -0.15) is 0 Å². The molecule has 0 amide bonds. The van der Waals surface area contributed by atoms with Crippen molar-refractivity contribution >= 4 is 38.6 Å². The lowest BCUT2D eigenvalue weighted by Crippen LogP contribution is -2.25. The van der Waals surface area contributed by atoms with E-state index in [1.807, 2.05) is 6.07 Å². The van der Waals surface area contributed by atoms with Gasteiger partial charge in [-0.1, -0.05) is 20.3 Å². The molecule has 1 aromatic heterocycles. The van der Waals surface area contributed by atoms with Crippen LogP contribution in [-0.2, 0) is 5.88 Å². The third-order valence-electron chi connectivity index (χ3n) is 4.47. The van der Waals surface area contributed by atoms with Gasteiger partial charge in [-0.15, -0.1) is 11.6 Å². The summed E-state index contributed by atoms with van der Waals surface area (Å²) in [5.74, 6) is 0.911. The molecule has 3 rings (SSSR count). The SMILES string of the molecule is CC1(C)CCCC(n2c(CCl)nc3cc(F)c(Br)cc32)C1. The first-order chi connectivity index (χ1) is 9.91. The maximum absolute atomic E-state index is 13.7. The molecule has 0 saturated heterocycles. The maximum atomic E-state index is 13.7. The molecular formula is C16H19BrClFN2. The van der Waals surface area contributed by atoms with E-state index in [4.69, 9.17) is 11.6 Å².